The van der Waals surface area contributed by atoms with E-state index in [1.807, 2.05) is 4.90 Å². The minimum Gasteiger partial charge on any atom is -0.621 e. The molecule has 2 fully saturated rings. The van der Waals surface area contributed by atoms with Gasteiger partial charge in [-0.05, 0) is 43.7 Å². The van der Waals surface area contributed by atoms with Crippen molar-refractivity contribution in [1.82, 2.24) is 15.1 Å². The molecule has 0 spiro atoms. The van der Waals surface area contributed by atoms with E-state index in [2.05, 4.69) is 5.32 Å². The molecule has 1 unspecified atom stereocenters. The van der Waals surface area contributed by atoms with Gasteiger partial charge in [-0.15, -0.1) is 0 Å². The summed E-state index contributed by atoms with van der Waals surface area (Å²) in [4.78, 5) is 28.8. The smallest absolute Gasteiger partial charge is 0.371 e. The lowest BCUT2D eigenvalue weighted by Crippen LogP contribution is -3.11. The van der Waals surface area contributed by atoms with Crippen molar-refractivity contribution in [2.24, 2.45) is 5.92 Å². The zero-order valence-electron chi connectivity index (χ0n) is 16.5. The number of aliphatic hydroxyl groups is 1. The average Bonchev–Trinajstić information content (AvgIpc) is 3.32. The van der Waals surface area contributed by atoms with Gasteiger partial charge in [0.15, 0.2) is 0 Å². The minimum absolute atomic E-state index is 0.0510. The molecule has 3 N–H and O–H groups in total. The van der Waals surface area contributed by atoms with Crippen molar-refractivity contribution >= 4 is 11.8 Å². The molecule has 0 radical (unpaired) electrons. The summed E-state index contributed by atoms with van der Waals surface area (Å²) in [6.07, 6.45) is 4.37. The Hall–Kier alpha value is -2.91. The second kappa shape index (κ2) is 6.82. The van der Waals surface area contributed by atoms with Gasteiger partial charge in [0.2, 0.25) is 17.3 Å². The molecule has 4 atom stereocenters. The maximum absolute atomic E-state index is 14.0. The van der Waals surface area contributed by atoms with Crippen LogP contribution in [0.15, 0.2) is 41.7 Å². The van der Waals surface area contributed by atoms with Gasteiger partial charge >= 0.3 is 11.8 Å². The monoisotopic (exact) mass is 414 g/mol. The topological polar surface area (TPSA) is 100 Å². The Balaban J connectivity index is 1.39. The number of carbonyl (C=O) groups is 2. The number of halogens is 1. The molecule has 30 heavy (non-hydrogen) atoms. The van der Waals surface area contributed by atoms with Crippen molar-refractivity contribution in [2.75, 3.05) is 6.54 Å². The third-order valence-electron chi connectivity index (χ3n) is 6.71. The standard InChI is InChI=1S/C21H23FN4O4/c1-11-2-3-13(15(22)6-11)8-23-19(27)17-10-24-9-16-12-4-5-14(7-12)25(16)20(28)18(24)21(29)26(17)30/h2-3,6,10,12,14,16,26,28H,4-5,7-9H2,1H3,(H,23,27)/t12-,14+,16+/m0/s1. The molecule has 1 aromatic rings. The lowest BCUT2D eigenvalue weighted by molar-refractivity contribution is -0.716. The lowest BCUT2D eigenvalue weighted by Gasteiger charge is -2.45. The fourth-order valence-electron chi connectivity index (χ4n) is 5.22. The molecule has 8 nitrogen and oxygen atoms in total. The Morgan fingerprint density at radius 3 is 2.97 bits per heavy atom. The molecule has 5 rings (SSSR count). The van der Waals surface area contributed by atoms with Crippen LogP contribution in [0.25, 0.3) is 0 Å². The number of aryl methyl sites for hydroxylation is 1. The van der Waals surface area contributed by atoms with Crippen molar-refractivity contribution in [1.29, 1.82) is 0 Å². The fourth-order valence-corrected chi connectivity index (χ4v) is 5.22. The van der Waals surface area contributed by atoms with Gasteiger partial charge in [-0.1, -0.05) is 12.1 Å². The van der Waals surface area contributed by atoms with E-state index < -0.39 is 22.7 Å². The second-order valence-electron chi connectivity index (χ2n) is 8.50. The van der Waals surface area contributed by atoms with Crippen LogP contribution >= 0.6 is 0 Å². The van der Waals surface area contributed by atoms with E-state index >= 15 is 0 Å². The van der Waals surface area contributed by atoms with Crippen LogP contribution in [-0.4, -0.2) is 45.3 Å². The van der Waals surface area contributed by atoms with Gasteiger partial charge in [-0.25, -0.2) is 9.18 Å². The number of hydrogen-bond donors (Lipinski definition) is 3. The number of aliphatic hydroxyl groups excluding tert-OH is 1. The Kier molecular flexibility index (Phi) is 4.33. The molecular formula is C21H23FN4O4. The maximum Gasteiger partial charge on any atom is 0.371 e. The van der Waals surface area contributed by atoms with E-state index in [-0.39, 0.29) is 41.5 Å². The number of amides is 2. The van der Waals surface area contributed by atoms with Crippen LogP contribution in [0.4, 0.5) is 4.39 Å². The molecule has 3 aliphatic heterocycles. The summed E-state index contributed by atoms with van der Waals surface area (Å²) < 4.78 is 14.0. The van der Waals surface area contributed by atoms with Crippen molar-refractivity contribution in [2.45, 2.75) is 44.8 Å². The molecular weight excluding hydrogens is 391 g/mol. The van der Waals surface area contributed by atoms with E-state index in [1.54, 1.807) is 19.1 Å². The number of hydrogen-bond acceptors (Lipinski definition) is 6. The summed E-state index contributed by atoms with van der Waals surface area (Å²) in [7, 11) is 0. The van der Waals surface area contributed by atoms with Crippen LogP contribution in [-0.2, 0) is 16.1 Å². The molecule has 2 bridgehead atoms. The van der Waals surface area contributed by atoms with E-state index in [0.717, 1.165) is 24.8 Å². The number of benzene rings is 1. The Labute approximate surface area is 172 Å². The predicted molar refractivity (Wildman–Crippen MR) is 104 cm³/mol. The van der Waals surface area contributed by atoms with Gasteiger partial charge in [-0.2, -0.15) is 0 Å². The van der Waals surface area contributed by atoms with Crippen LogP contribution in [0.1, 0.15) is 30.4 Å². The fraction of sp³-hybridized carbons (Fsp3) is 0.429. The quantitative estimate of drug-likeness (QED) is 0.620. The number of carbonyl (C=O) groups excluding carboxylic acids is 2. The number of piperidine rings is 1. The summed E-state index contributed by atoms with van der Waals surface area (Å²) in [5, 5.41) is 24.9. The highest BCUT2D eigenvalue weighted by Crippen LogP contribution is 2.47. The van der Waals surface area contributed by atoms with Crippen LogP contribution in [0.5, 0.6) is 0 Å². The third-order valence-corrected chi connectivity index (χ3v) is 6.71. The second-order valence-corrected chi connectivity index (χ2v) is 8.50. The highest BCUT2D eigenvalue weighted by molar-refractivity contribution is 5.97. The molecule has 1 aromatic carbocycles. The summed E-state index contributed by atoms with van der Waals surface area (Å²) in [5.74, 6) is -1.79. The number of rotatable bonds is 3. The number of quaternary nitrogens is 1. The minimum atomic E-state index is -0.961. The van der Waals surface area contributed by atoms with E-state index in [4.69, 9.17) is 0 Å². The van der Waals surface area contributed by atoms with Crippen LogP contribution in [0.3, 0.4) is 0 Å². The summed E-state index contributed by atoms with van der Waals surface area (Å²) in [6.45, 7) is 2.11. The normalized spacial score (nSPS) is 29.7. The average molecular weight is 414 g/mol. The molecule has 1 saturated heterocycles. The van der Waals surface area contributed by atoms with Crippen molar-refractivity contribution < 1.29 is 24.1 Å². The van der Waals surface area contributed by atoms with Crippen LogP contribution in [0.2, 0.25) is 0 Å². The maximum atomic E-state index is 14.0. The van der Waals surface area contributed by atoms with Gasteiger partial charge in [0.25, 0.3) is 0 Å². The SMILES string of the molecule is Cc1ccc(CNC(=O)C2=CN3C[C@@H]4[C@H]5CC[C@H](C5)N4C(O)=C3C(=O)[NH+]2[O-])c(F)c1. The zero-order valence-corrected chi connectivity index (χ0v) is 16.5. The van der Waals surface area contributed by atoms with E-state index in [9.17, 15) is 24.3 Å². The van der Waals surface area contributed by atoms with Gasteiger partial charge < -0.3 is 25.4 Å². The van der Waals surface area contributed by atoms with Crippen LogP contribution in [0, 0.1) is 23.9 Å². The Bertz CT molecular complexity index is 1010. The van der Waals surface area contributed by atoms with Crippen molar-refractivity contribution in [3.63, 3.8) is 0 Å². The first-order valence-corrected chi connectivity index (χ1v) is 10.2. The number of nitrogens with zero attached hydrogens (tertiary/aromatic N) is 2. The summed E-state index contributed by atoms with van der Waals surface area (Å²) in [5.41, 5.74) is 0.709. The first-order valence-electron chi connectivity index (χ1n) is 10.2. The predicted octanol–water partition coefficient (Wildman–Crippen LogP) is 0.410. The van der Waals surface area contributed by atoms with Gasteiger partial charge in [0, 0.05) is 24.7 Å². The first-order chi connectivity index (χ1) is 14.3. The highest BCUT2D eigenvalue weighted by Gasteiger charge is 2.53. The molecule has 3 heterocycles. The zero-order chi connectivity index (χ0) is 21.2. The third kappa shape index (κ3) is 2.80. The van der Waals surface area contributed by atoms with E-state index in [1.165, 1.54) is 17.2 Å². The first kappa shape index (κ1) is 19.1. The summed E-state index contributed by atoms with van der Waals surface area (Å²) >= 11 is 0. The molecule has 4 aliphatic rings. The van der Waals surface area contributed by atoms with Gasteiger partial charge in [-0.3, -0.25) is 9.86 Å². The number of fused-ring (bicyclic) bond motifs is 6. The van der Waals surface area contributed by atoms with Crippen LogP contribution < -0.4 is 10.4 Å². The lowest BCUT2D eigenvalue weighted by atomic mass is 9.96. The Morgan fingerprint density at radius 1 is 1.40 bits per heavy atom. The van der Waals surface area contributed by atoms with E-state index in [0.29, 0.717) is 12.5 Å². The molecule has 9 heteroatoms. The number of nitrogens with one attached hydrogen (secondary N) is 2. The molecule has 0 aromatic heterocycles. The van der Waals surface area contributed by atoms with Gasteiger partial charge in [0.1, 0.15) is 5.82 Å². The highest BCUT2D eigenvalue weighted by atomic mass is 19.1. The largest absolute Gasteiger partial charge is 0.621 e. The number of hydroxylamine groups is 2. The van der Waals surface area contributed by atoms with Crippen molar-refractivity contribution in [3.05, 3.63) is 63.8 Å². The molecule has 1 aliphatic carbocycles. The van der Waals surface area contributed by atoms with Crippen molar-refractivity contribution in [3.8, 4) is 0 Å². The molecule has 1 saturated carbocycles. The molecule has 2 amide bonds. The Morgan fingerprint density at radius 2 is 2.20 bits per heavy atom. The molecule has 158 valence electrons. The van der Waals surface area contributed by atoms with Gasteiger partial charge in [0.05, 0.1) is 12.2 Å². The summed E-state index contributed by atoms with van der Waals surface area (Å²) in [6, 6.07) is 4.94.